The molecule has 0 heterocycles. The van der Waals surface area contributed by atoms with Gasteiger partial charge >= 0.3 is 0 Å². The third kappa shape index (κ3) is 3.07. The molecule has 0 radical (unpaired) electrons. The first-order chi connectivity index (χ1) is 6.24. The van der Waals surface area contributed by atoms with Gasteiger partial charge in [-0.1, -0.05) is 25.1 Å². The Hall–Kier alpha value is -1.02. The van der Waals surface area contributed by atoms with E-state index in [0.717, 1.165) is 11.3 Å². The molecule has 0 saturated carbocycles. The SMILES string of the molecule is Cc1ccccc1OCC(C)CO. The van der Waals surface area contributed by atoms with E-state index in [1.54, 1.807) is 0 Å². The molecule has 0 aliphatic rings. The summed E-state index contributed by atoms with van der Waals surface area (Å²) in [6, 6.07) is 7.89. The second-order valence-electron chi connectivity index (χ2n) is 3.36. The molecule has 1 aromatic rings. The van der Waals surface area contributed by atoms with E-state index in [1.165, 1.54) is 0 Å². The van der Waals surface area contributed by atoms with Gasteiger partial charge in [-0.3, -0.25) is 0 Å². The normalized spacial score (nSPS) is 12.5. The summed E-state index contributed by atoms with van der Waals surface area (Å²) in [7, 11) is 0. The maximum atomic E-state index is 8.80. The number of hydrogen-bond donors (Lipinski definition) is 1. The van der Waals surface area contributed by atoms with Crippen molar-refractivity contribution in [3.8, 4) is 5.75 Å². The van der Waals surface area contributed by atoms with Crippen molar-refractivity contribution in [2.45, 2.75) is 13.8 Å². The van der Waals surface area contributed by atoms with Crippen LogP contribution in [0.5, 0.6) is 5.75 Å². The fraction of sp³-hybridized carbons (Fsp3) is 0.455. The molecule has 0 saturated heterocycles. The molecule has 72 valence electrons. The van der Waals surface area contributed by atoms with Gasteiger partial charge < -0.3 is 9.84 Å². The Balaban J connectivity index is 2.50. The van der Waals surface area contributed by atoms with E-state index in [1.807, 2.05) is 38.1 Å². The molecule has 0 bridgehead atoms. The molecule has 1 atom stereocenters. The van der Waals surface area contributed by atoms with Crippen LogP contribution < -0.4 is 4.74 Å². The van der Waals surface area contributed by atoms with Crippen LogP contribution in [0.15, 0.2) is 24.3 Å². The van der Waals surface area contributed by atoms with Crippen LogP contribution in [-0.4, -0.2) is 18.3 Å². The maximum absolute atomic E-state index is 8.80. The number of aliphatic hydroxyl groups is 1. The third-order valence-corrected chi connectivity index (χ3v) is 1.93. The minimum atomic E-state index is 0.173. The maximum Gasteiger partial charge on any atom is 0.122 e. The van der Waals surface area contributed by atoms with E-state index in [0.29, 0.717) is 6.61 Å². The van der Waals surface area contributed by atoms with Gasteiger partial charge in [0.2, 0.25) is 0 Å². The van der Waals surface area contributed by atoms with E-state index in [2.05, 4.69) is 0 Å². The Morgan fingerprint density at radius 2 is 2.08 bits per heavy atom. The first kappa shape index (κ1) is 10.1. The largest absolute Gasteiger partial charge is 0.493 e. The highest BCUT2D eigenvalue weighted by atomic mass is 16.5. The van der Waals surface area contributed by atoms with Crippen LogP contribution >= 0.6 is 0 Å². The van der Waals surface area contributed by atoms with E-state index < -0.39 is 0 Å². The van der Waals surface area contributed by atoms with Crippen LogP contribution in [0.2, 0.25) is 0 Å². The zero-order valence-corrected chi connectivity index (χ0v) is 8.16. The molecule has 1 rings (SSSR count). The quantitative estimate of drug-likeness (QED) is 0.768. The summed E-state index contributed by atoms with van der Waals surface area (Å²) in [4.78, 5) is 0. The molecule has 0 fully saturated rings. The number of rotatable bonds is 4. The number of aryl methyl sites for hydroxylation is 1. The predicted octanol–water partition coefficient (Wildman–Crippen LogP) is 2.00. The van der Waals surface area contributed by atoms with E-state index in [9.17, 15) is 0 Å². The molecule has 0 aromatic heterocycles. The van der Waals surface area contributed by atoms with Crippen LogP contribution in [0.3, 0.4) is 0 Å². The Kier molecular flexibility index (Phi) is 3.77. The fourth-order valence-electron chi connectivity index (χ4n) is 1.00. The van der Waals surface area contributed by atoms with Gasteiger partial charge in [-0.25, -0.2) is 0 Å². The van der Waals surface area contributed by atoms with Crippen molar-refractivity contribution in [1.29, 1.82) is 0 Å². The molecule has 0 spiro atoms. The van der Waals surface area contributed by atoms with Crippen molar-refractivity contribution >= 4 is 0 Å². The second kappa shape index (κ2) is 4.87. The monoisotopic (exact) mass is 180 g/mol. The van der Waals surface area contributed by atoms with E-state index in [4.69, 9.17) is 9.84 Å². The van der Waals surface area contributed by atoms with Crippen LogP contribution in [0, 0.1) is 12.8 Å². The van der Waals surface area contributed by atoms with Crippen molar-refractivity contribution in [1.82, 2.24) is 0 Å². The average Bonchev–Trinajstić information content (AvgIpc) is 2.16. The molecule has 0 aliphatic carbocycles. The first-order valence-electron chi connectivity index (χ1n) is 4.53. The second-order valence-corrected chi connectivity index (χ2v) is 3.36. The number of benzene rings is 1. The summed E-state index contributed by atoms with van der Waals surface area (Å²) < 4.78 is 5.53. The van der Waals surface area contributed by atoms with Crippen molar-refractivity contribution in [2.24, 2.45) is 5.92 Å². The Labute approximate surface area is 79.2 Å². The highest BCUT2D eigenvalue weighted by Crippen LogP contribution is 2.16. The van der Waals surface area contributed by atoms with Crippen LogP contribution in [0.4, 0.5) is 0 Å². The van der Waals surface area contributed by atoms with Crippen molar-refractivity contribution in [2.75, 3.05) is 13.2 Å². The van der Waals surface area contributed by atoms with Crippen LogP contribution in [-0.2, 0) is 0 Å². The third-order valence-electron chi connectivity index (χ3n) is 1.93. The van der Waals surface area contributed by atoms with Gasteiger partial charge in [0.15, 0.2) is 0 Å². The molecule has 1 unspecified atom stereocenters. The Morgan fingerprint density at radius 1 is 1.38 bits per heavy atom. The number of hydrogen-bond acceptors (Lipinski definition) is 2. The van der Waals surface area contributed by atoms with Gasteiger partial charge in [0.25, 0.3) is 0 Å². The molecule has 2 heteroatoms. The summed E-state index contributed by atoms with van der Waals surface area (Å²) in [6.07, 6.45) is 0. The molecular formula is C11H16O2. The lowest BCUT2D eigenvalue weighted by atomic mass is 10.2. The lowest BCUT2D eigenvalue weighted by Gasteiger charge is -2.11. The van der Waals surface area contributed by atoms with Gasteiger partial charge in [0.05, 0.1) is 6.61 Å². The topological polar surface area (TPSA) is 29.5 Å². The van der Waals surface area contributed by atoms with Crippen molar-refractivity contribution in [3.05, 3.63) is 29.8 Å². The van der Waals surface area contributed by atoms with Crippen molar-refractivity contribution in [3.63, 3.8) is 0 Å². The van der Waals surface area contributed by atoms with Crippen LogP contribution in [0.1, 0.15) is 12.5 Å². The molecule has 2 nitrogen and oxygen atoms in total. The highest BCUT2D eigenvalue weighted by Gasteiger charge is 2.02. The highest BCUT2D eigenvalue weighted by molar-refractivity contribution is 5.31. The Morgan fingerprint density at radius 3 is 2.69 bits per heavy atom. The fourth-order valence-corrected chi connectivity index (χ4v) is 1.00. The average molecular weight is 180 g/mol. The zero-order valence-electron chi connectivity index (χ0n) is 8.16. The summed E-state index contributed by atoms with van der Waals surface area (Å²) in [6.45, 7) is 4.71. The standard InChI is InChI=1S/C11H16O2/c1-9(7-12)8-13-11-6-4-3-5-10(11)2/h3-6,9,12H,7-8H2,1-2H3. The van der Waals surface area contributed by atoms with Gasteiger partial charge in [-0.2, -0.15) is 0 Å². The number of para-hydroxylation sites is 1. The zero-order chi connectivity index (χ0) is 9.68. The summed E-state index contributed by atoms with van der Waals surface area (Å²) in [5.41, 5.74) is 1.13. The van der Waals surface area contributed by atoms with Gasteiger partial charge in [-0.15, -0.1) is 0 Å². The summed E-state index contributed by atoms with van der Waals surface area (Å²) in [5.74, 6) is 1.10. The molecule has 0 amide bonds. The van der Waals surface area contributed by atoms with E-state index in [-0.39, 0.29) is 12.5 Å². The molecule has 0 aliphatic heterocycles. The lowest BCUT2D eigenvalue weighted by Crippen LogP contribution is -2.12. The van der Waals surface area contributed by atoms with Gasteiger partial charge in [0, 0.05) is 12.5 Å². The summed E-state index contributed by atoms with van der Waals surface area (Å²) >= 11 is 0. The van der Waals surface area contributed by atoms with Crippen LogP contribution in [0.25, 0.3) is 0 Å². The molecule has 1 N–H and O–H groups in total. The number of aliphatic hydroxyl groups excluding tert-OH is 1. The minimum absolute atomic E-state index is 0.173. The predicted molar refractivity (Wildman–Crippen MR) is 52.9 cm³/mol. The van der Waals surface area contributed by atoms with Gasteiger partial charge in [0.1, 0.15) is 5.75 Å². The summed E-state index contributed by atoms with van der Waals surface area (Å²) in [5, 5.41) is 8.80. The first-order valence-corrected chi connectivity index (χ1v) is 4.53. The van der Waals surface area contributed by atoms with Gasteiger partial charge in [-0.05, 0) is 18.6 Å². The van der Waals surface area contributed by atoms with Crippen molar-refractivity contribution < 1.29 is 9.84 Å². The number of ether oxygens (including phenoxy) is 1. The Bertz CT molecular complexity index is 258. The lowest BCUT2D eigenvalue weighted by molar-refractivity contribution is 0.174. The minimum Gasteiger partial charge on any atom is -0.493 e. The molecule has 1 aromatic carbocycles. The molecular weight excluding hydrogens is 164 g/mol. The molecule has 13 heavy (non-hydrogen) atoms. The smallest absolute Gasteiger partial charge is 0.122 e. The van der Waals surface area contributed by atoms with E-state index >= 15 is 0 Å².